The Labute approximate surface area is 210 Å². The fraction of sp³-hybridized carbons (Fsp3) is 0.583. The number of ether oxygens (including phenoxy) is 2. The third-order valence-electron chi connectivity index (χ3n) is 5.89. The Balaban J connectivity index is 2.17. The van der Waals surface area contributed by atoms with Crippen molar-refractivity contribution in [2.24, 2.45) is 0 Å². The van der Waals surface area contributed by atoms with Crippen LogP contribution in [0.2, 0.25) is 0 Å². The summed E-state index contributed by atoms with van der Waals surface area (Å²) in [6.07, 6.45) is 3.19. The van der Waals surface area contributed by atoms with Crippen molar-refractivity contribution in [1.29, 1.82) is 5.26 Å². The summed E-state index contributed by atoms with van der Waals surface area (Å²) in [6, 6.07) is 2.09. The number of morpholine rings is 1. The molecule has 0 N–H and O–H groups in total. The van der Waals surface area contributed by atoms with E-state index in [4.69, 9.17) is 21.7 Å². The molecule has 1 amide bonds. The van der Waals surface area contributed by atoms with E-state index in [9.17, 15) is 14.9 Å². The van der Waals surface area contributed by atoms with Gasteiger partial charge < -0.3 is 14.4 Å². The lowest BCUT2D eigenvalue weighted by atomic mass is 10.0. The van der Waals surface area contributed by atoms with Crippen LogP contribution in [0.1, 0.15) is 50.3 Å². The van der Waals surface area contributed by atoms with Gasteiger partial charge in [0, 0.05) is 45.5 Å². The molecule has 1 aromatic heterocycles. The number of hydrogen-bond acceptors (Lipinski definition) is 8. The van der Waals surface area contributed by atoms with Crippen molar-refractivity contribution in [3.8, 4) is 6.07 Å². The number of carbonyl (C=O) groups is 1. The molecule has 0 spiro atoms. The van der Waals surface area contributed by atoms with E-state index in [-0.39, 0.29) is 29.2 Å². The molecule has 2 aliphatic rings. The van der Waals surface area contributed by atoms with E-state index in [0.717, 1.165) is 12.2 Å². The average Bonchev–Trinajstić information content (AvgIpc) is 3.04. The van der Waals surface area contributed by atoms with Crippen LogP contribution in [0.4, 0.5) is 5.82 Å². The van der Waals surface area contributed by atoms with Crippen molar-refractivity contribution in [1.82, 2.24) is 9.47 Å². The third kappa shape index (κ3) is 5.38. The van der Waals surface area contributed by atoms with Crippen LogP contribution in [0.25, 0.3) is 6.08 Å². The predicted octanol–water partition coefficient (Wildman–Crippen LogP) is 3.29. The number of thiocarbonyl (C=S) groups is 1. The molecule has 2 unspecified atom stereocenters. The zero-order chi connectivity index (χ0) is 25.0. The second-order valence-corrected chi connectivity index (χ2v) is 10.3. The van der Waals surface area contributed by atoms with E-state index >= 15 is 0 Å². The second kappa shape index (κ2) is 11.5. The molecule has 2 aliphatic heterocycles. The van der Waals surface area contributed by atoms with Crippen molar-refractivity contribution >= 4 is 46.1 Å². The van der Waals surface area contributed by atoms with Gasteiger partial charge in [-0.1, -0.05) is 30.9 Å². The van der Waals surface area contributed by atoms with Crippen molar-refractivity contribution in [3.63, 3.8) is 0 Å². The maximum Gasteiger partial charge on any atom is 0.270 e. The Morgan fingerprint density at radius 1 is 1.26 bits per heavy atom. The molecule has 2 atom stereocenters. The van der Waals surface area contributed by atoms with Crippen molar-refractivity contribution in [3.05, 3.63) is 31.9 Å². The zero-order valence-electron chi connectivity index (χ0n) is 20.4. The number of rotatable bonds is 8. The quantitative estimate of drug-likeness (QED) is 0.303. The fourth-order valence-corrected chi connectivity index (χ4v) is 5.75. The van der Waals surface area contributed by atoms with Gasteiger partial charge in [0.2, 0.25) is 0 Å². The summed E-state index contributed by atoms with van der Waals surface area (Å²) in [6.45, 7) is 10.5. The van der Waals surface area contributed by atoms with Crippen LogP contribution >= 0.6 is 24.0 Å². The SMILES string of the molecule is CCCn1c(N2CC(C)OC(C)C2)c(/C=C2\SC(=S)N(CCCOC)C2=O)c(C)c(C#N)c1=O. The lowest BCUT2D eigenvalue weighted by molar-refractivity contribution is -0.122. The number of methoxy groups -OCH3 is 1. The number of carbonyl (C=O) groups excluding carboxylic acids is 1. The summed E-state index contributed by atoms with van der Waals surface area (Å²) in [5, 5.41) is 9.79. The highest BCUT2D eigenvalue weighted by molar-refractivity contribution is 8.26. The van der Waals surface area contributed by atoms with Crippen LogP contribution < -0.4 is 10.5 Å². The standard InChI is InChI=1S/C24H32N4O4S2/c1-6-8-27-21(26-13-15(2)32-16(3)14-26)18(17(4)19(12-25)22(27)29)11-20-23(30)28(24(33)34-20)9-7-10-31-5/h11,15-16H,6-10,13-14H2,1-5H3/b20-11-. The molecule has 1 aromatic rings. The minimum Gasteiger partial charge on any atom is -0.385 e. The maximum atomic E-state index is 13.3. The van der Waals surface area contributed by atoms with E-state index in [1.807, 2.05) is 20.8 Å². The number of pyridine rings is 1. The molecule has 0 radical (unpaired) electrons. The topological polar surface area (TPSA) is 87.8 Å². The molecule has 0 aliphatic carbocycles. The normalized spacial score (nSPS) is 22.1. The molecular formula is C24H32N4O4S2. The first-order valence-electron chi connectivity index (χ1n) is 11.6. The molecule has 3 rings (SSSR count). The molecule has 0 aromatic carbocycles. The predicted molar refractivity (Wildman–Crippen MR) is 139 cm³/mol. The van der Waals surface area contributed by atoms with Gasteiger partial charge in [0.05, 0.1) is 17.1 Å². The minimum atomic E-state index is -0.298. The first-order chi connectivity index (χ1) is 16.2. The second-order valence-electron chi connectivity index (χ2n) is 8.65. The van der Waals surface area contributed by atoms with Crippen LogP contribution in [-0.4, -0.2) is 65.3 Å². The highest BCUT2D eigenvalue weighted by Gasteiger charge is 2.34. The summed E-state index contributed by atoms with van der Waals surface area (Å²) in [4.78, 5) is 30.7. The van der Waals surface area contributed by atoms with Gasteiger partial charge in [-0.2, -0.15) is 5.26 Å². The third-order valence-corrected chi connectivity index (χ3v) is 7.27. The van der Waals surface area contributed by atoms with E-state index < -0.39 is 0 Å². The van der Waals surface area contributed by atoms with Crippen LogP contribution in [0.3, 0.4) is 0 Å². The molecule has 2 fully saturated rings. The Morgan fingerprint density at radius 2 is 1.94 bits per heavy atom. The maximum absolute atomic E-state index is 13.3. The Bertz CT molecular complexity index is 1080. The Kier molecular flexibility index (Phi) is 8.93. The van der Waals surface area contributed by atoms with Gasteiger partial charge in [0.1, 0.15) is 21.8 Å². The molecule has 0 saturated carbocycles. The van der Waals surface area contributed by atoms with Gasteiger partial charge in [-0.25, -0.2) is 0 Å². The number of anilines is 1. The first-order valence-corrected chi connectivity index (χ1v) is 12.8. The molecule has 34 heavy (non-hydrogen) atoms. The van der Waals surface area contributed by atoms with Crippen molar-refractivity contribution < 1.29 is 14.3 Å². The number of hydrogen-bond donors (Lipinski definition) is 0. The van der Waals surface area contributed by atoms with E-state index in [0.29, 0.717) is 59.6 Å². The van der Waals surface area contributed by atoms with E-state index in [1.54, 1.807) is 29.6 Å². The highest BCUT2D eigenvalue weighted by Crippen LogP contribution is 2.36. The summed E-state index contributed by atoms with van der Waals surface area (Å²) < 4.78 is 13.2. The summed E-state index contributed by atoms with van der Waals surface area (Å²) >= 11 is 6.72. The number of nitrogens with zero attached hydrogens (tertiary/aromatic N) is 4. The largest absolute Gasteiger partial charge is 0.385 e. The molecule has 10 heteroatoms. The molecular weight excluding hydrogens is 472 g/mol. The van der Waals surface area contributed by atoms with Gasteiger partial charge in [0.15, 0.2) is 0 Å². The van der Waals surface area contributed by atoms with Crippen LogP contribution in [0.15, 0.2) is 9.70 Å². The molecule has 184 valence electrons. The molecule has 0 bridgehead atoms. The molecule has 3 heterocycles. The van der Waals surface area contributed by atoms with Gasteiger partial charge in [0.25, 0.3) is 11.5 Å². The lowest BCUT2D eigenvalue weighted by Crippen LogP contribution is -2.48. The van der Waals surface area contributed by atoms with Crippen LogP contribution in [0.5, 0.6) is 0 Å². The summed E-state index contributed by atoms with van der Waals surface area (Å²) in [7, 11) is 1.62. The smallest absolute Gasteiger partial charge is 0.270 e. The fourth-order valence-electron chi connectivity index (χ4n) is 4.46. The van der Waals surface area contributed by atoms with Crippen molar-refractivity contribution in [2.75, 3.05) is 38.3 Å². The monoisotopic (exact) mass is 504 g/mol. The molecule has 8 nitrogen and oxygen atoms in total. The van der Waals surface area contributed by atoms with Crippen LogP contribution in [0, 0.1) is 18.3 Å². The van der Waals surface area contributed by atoms with Gasteiger partial charge in [-0.05, 0) is 45.3 Å². The Morgan fingerprint density at radius 3 is 2.53 bits per heavy atom. The van der Waals surface area contributed by atoms with Crippen molar-refractivity contribution in [2.45, 2.75) is 59.3 Å². The number of amides is 1. The highest BCUT2D eigenvalue weighted by atomic mass is 32.2. The van der Waals surface area contributed by atoms with Gasteiger partial charge in [-0.15, -0.1) is 0 Å². The van der Waals surface area contributed by atoms with Gasteiger partial charge in [-0.3, -0.25) is 19.1 Å². The van der Waals surface area contributed by atoms with E-state index in [1.165, 1.54) is 11.8 Å². The van der Waals surface area contributed by atoms with Crippen LogP contribution in [-0.2, 0) is 20.8 Å². The van der Waals surface area contributed by atoms with E-state index in [2.05, 4.69) is 11.0 Å². The first kappa shape index (κ1) is 26.4. The summed E-state index contributed by atoms with van der Waals surface area (Å²) in [5.41, 5.74) is 1.09. The lowest BCUT2D eigenvalue weighted by Gasteiger charge is -2.39. The summed E-state index contributed by atoms with van der Waals surface area (Å²) in [5.74, 6) is 0.571. The number of thioether (sulfide) groups is 1. The average molecular weight is 505 g/mol. The minimum absolute atomic E-state index is 0.0169. The Hall–Kier alpha value is -2.19. The zero-order valence-corrected chi connectivity index (χ0v) is 22.1. The molecule has 2 saturated heterocycles. The van der Waals surface area contributed by atoms with Gasteiger partial charge >= 0.3 is 0 Å². The number of nitriles is 1. The number of aromatic nitrogens is 1.